The Bertz CT molecular complexity index is 975. The van der Waals surface area contributed by atoms with Gasteiger partial charge in [0.25, 0.3) is 0 Å². The van der Waals surface area contributed by atoms with Gasteiger partial charge in [0.1, 0.15) is 5.82 Å². The summed E-state index contributed by atoms with van der Waals surface area (Å²) in [4.78, 5) is 4.47. The van der Waals surface area contributed by atoms with Crippen LogP contribution in [-0.2, 0) is 0 Å². The van der Waals surface area contributed by atoms with E-state index >= 15 is 0 Å². The summed E-state index contributed by atoms with van der Waals surface area (Å²) in [6.07, 6.45) is 0. The van der Waals surface area contributed by atoms with Crippen molar-refractivity contribution < 1.29 is 0 Å². The van der Waals surface area contributed by atoms with Crippen molar-refractivity contribution in [2.75, 3.05) is 5.73 Å². The zero-order valence-corrected chi connectivity index (χ0v) is 13.8. The molecule has 25 heavy (non-hydrogen) atoms. The molecule has 0 atom stereocenters. The second-order valence-electron chi connectivity index (χ2n) is 5.98. The minimum Gasteiger partial charge on any atom is -0.384 e. The van der Waals surface area contributed by atoms with Gasteiger partial charge in [0, 0.05) is 5.56 Å². The molecular weight excluding hydrogens is 304 g/mol. The Labute approximate surface area is 147 Å². The molecule has 0 saturated heterocycles. The van der Waals surface area contributed by atoms with E-state index in [1.807, 2.05) is 42.5 Å². The Kier molecular flexibility index (Phi) is 4.01. The first-order chi connectivity index (χ1) is 12.3. The first-order valence-corrected chi connectivity index (χ1v) is 8.28. The average molecular weight is 322 g/mol. The lowest BCUT2D eigenvalue weighted by Gasteiger charge is -2.08. The van der Waals surface area contributed by atoms with Crippen LogP contribution in [0.1, 0.15) is 0 Å². The zero-order valence-electron chi connectivity index (χ0n) is 13.8. The maximum atomic E-state index is 6.04. The number of hydrogen-bond donors (Lipinski definition) is 1. The number of hydrogen-bond acceptors (Lipinski definition) is 2. The lowest BCUT2D eigenvalue weighted by molar-refractivity contribution is 1.33. The van der Waals surface area contributed by atoms with Crippen LogP contribution >= 0.6 is 0 Å². The third-order valence-corrected chi connectivity index (χ3v) is 4.24. The standard InChI is InChI=1S/C23H18N2/c24-23-16-21(15-22(25-23)20-9-5-2-6-10-20)19-13-11-18(12-14-19)17-7-3-1-4-8-17/h1-16H,(H2,24,25). The molecule has 0 fully saturated rings. The molecule has 0 aliphatic heterocycles. The second-order valence-corrected chi connectivity index (χ2v) is 5.98. The highest BCUT2D eigenvalue weighted by molar-refractivity contribution is 5.75. The molecule has 2 heteroatoms. The van der Waals surface area contributed by atoms with Crippen molar-refractivity contribution in [3.63, 3.8) is 0 Å². The molecule has 0 aliphatic rings. The number of anilines is 1. The van der Waals surface area contributed by atoms with Crippen molar-refractivity contribution in [1.29, 1.82) is 0 Å². The molecule has 0 amide bonds. The molecule has 1 aromatic heterocycles. The van der Waals surface area contributed by atoms with E-state index in [9.17, 15) is 0 Å². The third kappa shape index (κ3) is 3.29. The van der Waals surface area contributed by atoms with Gasteiger partial charge in [-0.25, -0.2) is 4.98 Å². The molecule has 0 bridgehead atoms. The quantitative estimate of drug-likeness (QED) is 0.528. The molecule has 3 aromatic carbocycles. The Morgan fingerprint density at radius 1 is 0.480 bits per heavy atom. The highest BCUT2D eigenvalue weighted by atomic mass is 14.8. The molecule has 0 spiro atoms. The minimum atomic E-state index is 0.531. The molecule has 2 N–H and O–H groups in total. The Morgan fingerprint density at radius 3 is 1.56 bits per heavy atom. The van der Waals surface area contributed by atoms with Gasteiger partial charge in [0.15, 0.2) is 0 Å². The van der Waals surface area contributed by atoms with Gasteiger partial charge in [0.05, 0.1) is 5.69 Å². The molecule has 0 saturated carbocycles. The molecule has 0 aliphatic carbocycles. The van der Waals surface area contributed by atoms with Crippen LogP contribution < -0.4 is 5.73 Å². The summed E-state index contributed by atoms with van der Waals surface area (Å²) in [5.74, 6) is 0.531. The van der Waals surface area contributed by atoms with Crippen molar-refractivity contribution in [3.8, 4) is 33.5 Å². The number of aromatic nitrogens is 1. The molecular formula is C23H18N2. The van der Waals surface area contributed by atoms with Gasteiger partial charge < -0.3 is 5.73 Å². The summed E-state index contributed by atoms with van der Waals surface area (Å²) in [5, 5.41) is 0. The van der Waals surface area contributed by atoms with Crippen molar-refractivity contribution in [3.05, 3.63) is 97.1 Å². The van der Waals surface area contributed by atoms with E-state index in [1.54, 1.807) is 0 Å². The maximum Gasteiger partial charge on any atom is 0.124 e. The third-order valence-electron chi connectivity index (χ3n) is 4.24. The van der Waals surface area contributed by atoms with E-state index in [2.05, 4.69) is 59.6 Å². The first kappa shape index (κ1) is 15.2. The Morgan fingerprint density at radius 2 is 0.960 bits per heavy atom. The van der Waals surface area contributed by atoms with Crippen LogP contribution in [0, 0.1) is 0 Å². The van der Waals surface area contributed by atoms with E-state index in [1.165, 1.54) is 11.1 Å². The van der Waals surface area contributed by atoms with Crippen LogP contribution in [0.5, 0.6) is 0 Å². The fourth-order valence-electron chi connectivity index (χ4n) is 2.96. The maximum absolute atomic E-state index is 6.04. The number of nitrogen functional groups attached to an aromatic ring is 1. The zero-order chi connectivity index (χ0) is 17.1. The van der Waals surface area contributed by atoms with Crippen molar-refractivity contribution >= 4 is 5.82 Å². The summed E-state index contributed by atoms with van der Waals surface area (Å²) in [5.41, 5.74) is 12.6. The van der Waals surface area contributed by atoms with Gasteiger partial charge >= 0.3 is 0 Å². The van der Waals surface area contributed by atoms with E-state index in [0.29, 0.717) is 5.82 Å². The summed E-state index contributed by atoms with van der Waals surface area (Å²) in [6, 6.07) is 33.0. The number of pyridine rings is 1. The summed E-state index contributed by atoms with van der Waals surface area (Å²) in [7, 11) is 0. The van der Waals surface area contributed by atoms with Crippen molar-refractivity contribution in [2.24, 2.45) is 0 Å². The molecule has 120 valence electrons. The molecule has 2 nitrogen and oxygen atoms in total. The van der Waals surface area contributed by atoms with E-state index in [0.717, 1.165) is 22.4 Å². The number of benzene rings is 3. The van der Waals surface area contributed by atoms with Gasteiger partial charge in [-0.15, -0.1) is 0 Å². The summed E-state index contributed by atoms with van der Waals surface area (Å²) < 4.78 is 0. The fourth-order valence-corrected chi connectivity index (χ4v) is 2.96. The topological polar surface area (TPSA) is 38.9 Å². The number of nitrogens with zero attached hydrogens (tertiary/aromatic N) is 1. The number of nitrogens with two attached hydrogens (primary N) is 1. The second kappa shape index (κ2) is 6.62. The highest BCUT2D eigenvalue weighted by Gasteiger charge is 2.06. The predicted molar refractivity (Wildman–Crippen MR) is 105 cm³/mol. The predicted octanol–water partition coefficient (Wildman–Crippen LogP) is 5.66. The average Bonchev–Trinajstić information content (AvgIpc) is 2.69. The van der Waals surface area contributed by atoms with Crippen LogP contribution in [0.4, 0.5) is 5.82 Å². The van der Waals surface area contributed by atoms with Crippen LogP contribution in [0.15, 0.2) is 97.1 Å². The SMILES string of the molecule is Nc1cc(-c2ccc(-c3ccccc3)cc2)cc(-c2ccccc2)n1. The van der Waals surface area contributed by atoms with E-state index < -0.39 is 0 Å². The minimum absolute atomic E-state index is 0.531. The molecule has 4 aromatic rings. The van der Waals surface area contributed by atoms with E-state index in [-0.39, 0.29) is 0 Å². The van der Waals surface area contributed by atoms with Crippen LogP contribution in [0.2, 0.25) is 0 Å². The summed E-state index contributed by atoms with van der Waals surface area (Å²) >= 11 is 0. The molecule has 0 radical (unpaired) electrons. The number of rotatable bonds is 3. The van der Waals surface area contributed by atoms with Crippen LogP contribution in [0.25, 0.3) is 33.5 Å². The Hall–Kier alpha value is -3.39. The molecule has 1 heterocycles. The van der Waals surface area contributed by atoms with Crippen molar-refractivity contribution in [1.82, 2.24) is 4.98 Å². The van der Waals surface area contributed by atoms with Crippen LogP contribution in [-0.4, -0.2) is 4.98 Å². The Balaban J connectivity index is 1.71. The monoisotopic (exact) mass is 322 g/mol. The van der Waals surface area contributed by atoms with Gasteiger partial charge in [-0.1, -0.05) is 84.9 Å². The van der Waals surface area contributed by atoms with Gasteiger partial charge in [0.2, 0.25) is 0 Å². The normalized spacial score (nSPS) is 10.6. The van der Waals surface area contributed by atoms with Crippen molar-refractivity contribution in [2.45, 2.75) is 0 Å². The molecule has 0 unspecified atom stereocenters. The molecule has 4 rings (SSSR count). The van der Waals surface area contributed by atoms with Crippen LogP contribution in [0.3, 0.4) is 0 Å². The highest BCUT2D eigenvalue weighted by Crippen LogP contribution is 2.28. The van der Waals surface area contributed by atoms with E-state index in [4.69, 9.17) is 5.73 Å². The lowest BCUT2D eigenvalue weighted by Crippen LogP contribution is -1.94. The lowest BCUT2D eigenvalue weighted by atomic mass is 9.99. The fraction of sp³-hybridized carbons (Fsp3) is 0. The first-order valence-electron chi connectivity index (χ1n) is 8.28. The summed E-state index contributed by atoms with van der Waals surface area (Å²) in [6.45, 7) is 0. The van der Waals surface area contributed by atoms with Gasteiger partial charge in [-0.3, -0.25) is 0 Å². The van der Waals surface area contributed by atoms with Gasteiger partial charge in [-0.05, 0) is 34.4 Å². The smallest absolute Gasteiger partial charge is 0.124 e. The largest absolute Gasteiger partial charge is 0.384 e. The van der Waals surface area contributed by atoms with Gasteiger partial charge in [-0.2, -0.15) is 0 Å².